The fourth-order valence-corrected chi connectivity index (χ4v) is 6.59. The number of fused-ring (bicyclic) bond motifs is 1. The first kappa shape index (κ1) is 26.0. The van der Waals surface area contributed by atoms with Gasteiger partial charge >= 0.3 is 6.03 Å². The minimum atomic E-state index is 0.152. The Labute approximate surface area is 203 Å². The molecule has 1 N–H and O–H groups in total. The number of hydrogen-bond acceptors (Lipinski definition) is 2. The summed E-state index contributed by atoms with van der Waals surface area (Å²) in [6.45, 7) is 9.40. The van der Waals surface area contributed by atoms with Crippen molar-refractivity contribution in [3.05, 3.63) is 30.1 Å². The fourth-order valence-electron chi connectivity index (χ4n) is 6.59. The third kappa shape index (κ3) is 7.72. The molecular weight excluding hydrogens is 406 g/mol. The molecule has 0 radical (unpaired) electrons. The van der Waals surface area contributed by atoms with Crippen LogP contribution in [0.15, 0.2) is 24.5 Å². The number of urea groups is 1. The fraction of sp³-hybridized carbons (Fsp3) is 0.793. The number of nitrogens with zero attached hydrogens (tertiary/aromatic N) is 2. The highest BCUT2D eigenvalue weighted by atomic mass is 16.2. The van der Waals surface area contributed by atoms with E-state index in [1.807, 2.05) is 12.4 Å². The zero-order valence-corrected chi connectivity index (χ0v) is 21.7. The van der Waals surface area contributed by atoms with E-state index in [4.69, 9.17) is 0 Å². The summed E-state index contributed by atoms with van der Waals surface area (Å²) in [5.74, 6) is 2.22. The van der Waals surface area contributed by atoms with Crippen molar-refractivity contribution in [2.45, 2.75) is 104 Å². The first-order valence-corrected chi connectivity index (χ1v) is 14.0. The molecular formula is C29H49N3O. The van der Waals surface area contributed by atoms with Gasteiger partial charge in [0.05, 0.1) is 0 Å². The van der Waals surface area contributed by atoms with E-state index in [1.165, 1.54) is 76.2 Å². The topological polar surface area (TPSA) is 45.2 Å². The quantitative estimate of drug-likeness (QED) is 0.338. The Bertz CT molecular complexity index is 693. The van der Waals surface area contributed by atoms with Gasteiger partial charge in [-0.25, -0.2) is 4.79 Å². The van der Waals surface area contributed by atoms with Crippen LogP contribution < -0.4 is 5.32 Å². The largest absolute Gasteiger partial charge is 0.338 e. The van der Waals surface area contributed by atoms with E-state index in [9.17, 15) is 4.79 Å². The summed E-state index contributed by atoms with van der Waals surface area (Å²) in [5.41, 5.74) is 1.78. The molecule has 3 rings (SSSR count). The molecule has 1 aromatic heterocycles. The van der Waals surface area contributed by atoms with Crippen LogP contribution in [0.5, 0.6) is 0 Å². The summed E-state index contributed by atoms with van der Waals surface area (Å²) in [7, 11) is 0. The molecule has 2 aliphatic rings. The van der Waals surface area contributed by atoms with Crippen molar-refractivity contribution in [2.75, 3.05) is 19.6 Å². The number of pyridine rings is 1. The van der Waals surface area contributed by atoms with Crippen molar-refractivity contribution in [3.8, 4) is 0 Å². The summed E-state index contributed by atoms with van der Waals surface area (Å²) >= 11 is 0. The molecule has 2 aliphatic carbocycles. The van der Waals surface area contributed by atoms with Crippen molar-refractivity contribution < 1.29 is 4.79 Å². The van der Waals surface area contributed by atoms with E-state index in [-0.39, 0.29) is 6.03 Å². The van der Waals surface area contributed by atoms with E-state index in [0.717, 1.165) is 44.3 Å². The number of amides is 2. The lowest BCUT2D eigenvalue weighted by atomic mass is 9.71. The molecule has 4 atom stereocenters. The number of rotatable bonds is 12. The van der Waals surface area contributed by atoms with Gasteiger partial charge in [-0.3, -0.25) is 4.98 Å². The Morgan fingerprint density at radius 2 is 2.00 bits per heavy atom. The molecule has 4 unspecified atom stereocenters. The molecule has 0 aliphatic heterocycles. The zero-order chi connectivity index (χ0) is 23.5. The molecule has 0 spiro atoms. The summed E-state index contributed by atoms with van der Waals surface area (Å²) in [6, 6.07) is 4.30. The Morgan fingerprint density at radius 1 is 1.18 bits per heavy atom. The summed E-state index contributed by atoms with van der Waals surface area (Å²) in [6.07, 6.45) is 20.6. The van der Waals surface area contributed by atoms with Gasteiger partial charge in [0.2, 0.25) is 0 Å². The van der Waals surface area contributed by atoms with Crippen LogP contribution in [0.2, 0.25) is 0 Å². The molecule has 1 heterocycles. The van der Waals surface area contributed by atoms with E-state index in [1.54, 1.807) is 0 Å². The smallest absolute Gasteiger partial charge is 0.317 e. The lowest BCUT2D eigenvalue weighted by Crippen LogP contribution is -2.44. The van der Waals surface area contributed by atoms with Gasteiger partial charge in [-0.2, -0.15) is 0 Å². The lowest BCUT2D eigenvalue weighted by molar-refractivity contribution is 0.134. The van der Waals surface area contributed by atoms with Gasteiger partial charge < -0.3 is 10.2 Å². The maximum atomic E-state index is 13.3. The number of carbonyl (C=O) groups excluding carboxylic acids is 1. The van der Waals surface area contributed by atoms with Crippen molar-refractivity contribution in [1.29, 1.82) is 0 Å². The van der Waals surface area contributed by atoms with Gasteiger partial charge in [0, 0.05) is 32.0 Å². The zero-order valence-electron chi connectivity index (χ0n) is 21.7. The van der Waals surface area contributed by atoms with Crippen LogP contribution in [0.4, 0.5) is 4.79 Å². The molecule has 186 valence electrons. The van der Waals surface area contributed by atoms with E-state index in [0.29, 0.717) is 11.3 Å². The van der Waals surface area contributed by atoms with Gasteiger partial charge in [0.1, 0.15) is 0 Å². The molecule has 2 amide bonds. The average Bonchev–Trinajstić information content (AvgIpc) is 3.06. The highest BCUT2D eigenvalue weighted by Crippen LogP contribution is 2.56. The van der Waals surface area contributed by atoms with Crippen LogP contribution in [0, 0.1) is 23.2 Å². The minimum absolute atomic E-state index is 0.152. The number of carbonyl (C=O) groups is 1. The maximum Gasteiger partial charge on any atom is 0.317 e. The third-order valence-electron chi connectivity index (χ3n) is 8.62. The second-order valence-electron chi connectivity index (χ2n) is 11.2. The van der Waals surface area contributed by atoms with E-state index in [2.05, 4.69) is 48.1 Å². The predicted octanol–water partition coefficient (Wildman–Crippen LogP) is 7.24. The molecule has 0 bridgehead atoms. The molecule has 4 heteroatoms. The monoisotopic (exact) mass is 455 g/mol. The van der Waals surface area contributed by atoms with Gasteiger partial charge in [0.25, 0.3) is 0 Å². The molecule has 2 saturated carbocycles. The van der Waals surface area contributed by atoms with Crippen LogP contribution in [-0.2, 0) is 6.42 Å². The molecule has 0 aromatic carbocycles. The highest BCUT2D eigenvalue weighted by molar-refractivity contribution is 5.74. The van der Waals surface area contributed by atoms with Crippen LogP contribution in [-0.4, -0.2) is 35.5 Å². The summed E-state index contributed by atoms with van der Waals surface area (Å²) < 4.78 is 0. The van der Waals surface area contributed by atoms with Gasteiger partial charge in [-0.15, -0.1) is 0 Å². The van der Waals surface area contributed by atoms with Crippen molar-refractivity contribution in [2.24, 2.45) is 23.2 Å². The lowest BCUT2D eigenvalue weighted by Gasteiger charge is -2.37. The first-order chi connectivity index (χ1) is 16.1. The third-order valence-corrected chi connectivity index (χ3v) is 8.62. The van der Waals surface area contributed by atoms with Gasteiger partial charge in [0.15, 0.2) is 0 Å². The van der Waals surface area contributed by atoms with Crippen LogP contribution >= 0.6 is 0 Å². The molecule has 1 aromatic rings. The normalized spacial score (nSPS) is 25.8. The van der Waals surface area contributed by atoms with E-state index >= 15 is 0 Å². The number of unbranched alkanes of at least 4 members (excludes halogenated alkanes) is 2. The Balaban J connectivity index is 1.57. The second-order valence-corrected chi connectivity index (χ2v) is 11.2. The van der Waals surface area contributed by atoms with Crippen molar-refractivity contribution in [1.82, 2.24) is 15.2 Å². The summed E-state index contributed by atoms with van der Waals surface area (Å²) in [4.78, 5) is 19.5. The summed E-state index contributed by atoms with van der Waals surface area (Å²) in [5, 5.41) is 3.28. The second kappa shape index (κ2) is 13.3. The van der Waals surface area contributed by atoms with E-state index < -0.39 is 0 Å². The van der Waals surface area contributed by atoms with Crippen LogP contribution in [0.25, 0.3) is 0 Å². The first-order valence-electron chi connectivity index (χ1n) is 14.0. The molecule has 33 heavy (non-hydrogen) atoms. The standard InChI is InChI=1S/C29H49N3O/c1-4-6-10-18-32(28(33)31-23-24(3)20-26-12-16-30-17-13-26)19-15-29-14-9-7-8-11-27(29)21-25(5-2)22-29/h12-13,16-17,24-25,27H,4-11,14-15,18-23H2,1-3H3,(H,31,33). The van der Waals surface area contributed by atoms with Crippen LogP contribution in [0.1, 0.15) is 103 Å². The maximum absolute atomic E-state index is 13.3. The Morgan fingerprint density at radius 3 is 2.76 bits per heavy atom. The molecule has 2 fully saturated rings. The van der Waals surface area contributed by atoms with Crippen molar-refractivity contribution >= 4 is 6.03 Å². The highest BCUT2D eigenvalue weighted by Gasteiger charge is 2.46. The molecule has 0 saturated heterocycles. The number of hydrogen-bond donors (Lipinski definition) is 1. The number of aromatic nitrogens is 1. The Kier molecular flexibility index (Phi) is 10.5. The predicted molar refractivity (Wildman–Crippen MR) is 138 cm³/mol. The van der Waals surface area contributed by atoms with Gasteiger partial charge in [-0.05, 0) is 85.8 Å². The minimum Gasteiger partial charge on any atom is -0.338 e. The number of nitrogens with one attached hydrogen (secondary N) is 1. The average molecular weight is 456 g/mol. The SMILES string of the molecule is CCCCCN(CCC12CCCCCC1CC(CC)C2)C(=O)NCC(C)Cc1ccncc1. The van der Waals surface area contributed by atoms with Gasteiger partial charge in [-0.1, -0.05) is 59.3 Å². The van der Waals surface area contributed by atoms with Crippen LogP contribution in [0.3, 0.4) is 0 Å². The van der Waals surface area contributed by atoms with Crippen molar-refractivity contribution in [3.63, 3.8) is 0 Å². The Hall–Kier alpha value is -1.58. The molecule has 4 nitrogen and oxygen atoms in total.